The molecule has 0 spiro atoms. The molecule has 0 atom stereocenters. The molecular formula is C22H21ClN2O4S. The van der Waals surface area contributed by atoms with Gasteiger partial charge >= 0.3 is 0 Å². The zero-order chi connectivity index (χ0) is 21.7. The Kier molecular flexibility index (Phi) is 6.77. The number of benzene rings is 3. The van der Waals surface area contributed by atoms with Crippen molar-refractivity contribution in [2.75, 3.05) is 5.32 Å². The van der Waals surface area contributed by atoms with Crippen LogP contribution in [0, 0.1) is 0 Å². The summed E-state index contributed by atoms with van der Waals surface area (Å²) in [7, 11) is -3.63. The van der Waals surface area contributed by atoms with Crippen LogP contribution < -0.4 is 14.8 Å². The smallest absolute Gasteiger partial charge is 0.255 e. The monoisotopic (exact) mass is 444 g/mol. The highest BCUT2D eigenvalue weighted by molar-refractivity contribution is 7.89. The molecule has 0 fully saturated rings. The van der Waals surface area contributed by atoms with E-state index in [1.165, 1.54) is 24.3 Å². The number of carbonyl (C=O) groups excluding carboxylic acids is 1. The van der Waals surface area contributed by atoms with E-state index < -0.39 is 15.9 Å². The number of nitrogens with one attached hydrogen (secondary N) is 2. The fraction of sp³-hybridized carbons (Fsp3) is 0.136. The number of hydrogen-bond acceptors (Lipinski definition) is 4. The van der Waals surface area contributed by atoms with Crippen molar-refractivity contribution in [2.24, 2.45) is 0 Å². The Balaban J connectivity index is 1.80. The van der Waals surface area contributed by atoms with Gasteiger partial charge in [0.15, 0.2) is 5.75 Å². The van der Waals surface area contributed by atoms with E-state index in [1.807, 2.05) is 18.2 Å². The molecule has 0 aliphatic heterocycles. The van der Waals surface area contributed by atoms with Crippen molar-refractivity contribution in [3.05, 3.63) is 83.4 Å². The molecule has 3 rings (SSSR count). The first-order valence-corrected chi connectivity index (χ1v) is 11.1. The summed E-state index contributed by atoms with van der Waals surface area (Å²) in [6, 6.07) is 19.5. The van der Waals surface area contributed by atoms with Gasteiger partial charge in [0.25, 0.3) is 5.91 Å². The Hall–Kier alpha value is -2.87. The third kappa shape index (κ3) is 5.60. The van der Waals surface area contributed by atoms with Crippen molar-refractivity contribution in [2.45, 2.75) is 24.8 Å². The second kappa shape index (κ2) is 9.30. The van der Waals surface area contributed by atoms with Crippen LogP contribution in [-0.4, -0.2) is 20.4 Å². The molecule has 0 aliphatic carbocycles. The van der Waals surface area contributed by atoms with Gasteiger partial charge in [-0.1, -0.05) is 29.8 Å². The highest BCUT2D eigenvalue weighted by Crippen LogP contribution is 2.32. The van der Waals surface area contributed by atoms with E-state index in [0.717, 1.165) is 0 Å². The van der Waals surface area contributed by atoms with Crippen molar-refractivity contribution >= 4 is 33.2 Å². The van der Waals surface area contributed by atoms with Crippen molar-refractivity contribution in [1.29, 1.82) is 0 Å². The van der Waals surface area contributed by atoms with Crippen LogP contribution in [0.4, 0.5) is 5.69 Å². The fourth-order valence-corrected chi connectivity index (χ4v) is 4.09. The maximum Gasteiger partial charge on any atom is 0.255 e. The SMILES string of the molecule is CC(C)NS(=O)(=O)c1ccc(C(=O)Nc2cc(Cl)ccc2Oc2ccccc2)cc1. The van der Waals surface area contributed by atoms with Crippen LogP contribution in [0.15, 0.2) is 77.7 Å². The lowest BCUT2D eigenvalue weighted by Gasteiger charge is -2.13. The third-order valence-corrected chi connectivity index (χ3v) is 5.89. The number of sulfonamides is 1. The summed E-state index contributed by atoms with van der Waals surface area (Å²) in [6.45, 7) is 3.47. The molecule has 3 aromatic carbocycles. The molecular weight excluding hydrogens is 424 g/mol. The van der Waals surface area contributed by atoms with E-state index in [9.17, 15) is 13.2 Å². The van der Waals surface area contributed by atoms with Crippen LogP contribution in [0.5, 0.6) is 11.5 Å². The number of para-hydroxylation sites is 1. The zero-order valence-electron chi connectivity index (χ0n) is 16.4. The molecule has 0 radical (unpaired) electrons. The van der Waals surface area contributed by atoms with Gasteiger partial charge in [0.1, 0.15) is 5.75 Å². The zero-order valence-corrected chi connectivity index (χ0v) is 18.0. The number of halogens is 1. The summed E-state index contributed by atoms with van der Waals surface area (Å²) in [6.07, 6.45) is 0. The lowest BCUT2D eigenvalue weighted by atomic mass is 10.2. The Morgan fingerprint density at radius 1 is 0.967 bits per heavy atom. The molecule has 0 saturated heterocycles. The van der Waals surface area contributed by atoms with Crippen LogP contribution in [0.3, 0.4) is 0 Å². The molecule has 3 aromatic rings. The molecule has 6 nitrogen and oxygen atoms in total. The van der Waals surface area contributed by atoms with Gasteiger partial charge in [0.05, 0.1) is 10.6 Å². The second-order valence-corrected chi connectivity index (χ2v) is 8.96. The van der Waals surface area contributed by atoms with E-state index in [4.69, 9.17) is 16.3 Å². The summed E-state index contributed by atoms with van der Waals surface area (Å²) in [5, 5.41) is 3.20. The first kappa shape index (κ1) is 21.8. The van der Waals surface area contributed by atoms with Gasteiger partial charge in [0.2, 0.25) is 10.0 Å². The van der Waals surface area contributed by atoms with E-state index >= 15 is 0 Å². The minimum absolute atomic E-state index is 0.0867. The van der Waals surface area contributed by atoms with Crippen LogP contribution >= 0.6 is 11.6 Å². The quantitative estimate of drug-likeness (QED) is 0.532. The van der Waals surface area contributed by atoms with Crippen molar-refractivity contribution in [3.8, 4) is 11.5 Å². The number of ether oxygens (including phenoxy) is 1. The molecule has 30 heavy (non-hydrogen) atoms. The van der Waals surface area contributed by atoms with Gasteiger partial charge in [0, 0.05) is 16.6 Å². The maximum absolute atomic E-state index is 12.7. The topological polar surface area (TPSA) is 84.5 Å². The highest BCUT2D eigenvalue weighted by atomic mass is 35.5. The van der Waals surface area contributed by atoms with Gasteiger partial charge in [-0.05, 0) is 68.4 Å². The Morgan fingerprint density at radius 3 is 2.27 bits per heavy atom. The minimum atomic E-state index is -3.63. The van der Waals surface area contributed by atoms with Gasteiger partial charge in [-0.2, -0.15) is 0 Å². The number of anilines is 1. The van der Waals surface area contributed by atoms with Gasteiger partial charge in [-0.15, -0.1) is 0 Å². The number of hydrogen-bond donors (Lipinski definition) is 2. The predicted molar refractivity (Wildman–Crippen MR) is 118 cm³/mol. The Labute approximate surface area is 180 Å². The Bertz CT molecular complexity index is 1130. The highest BCUT2D eigenvalue weighted by Gasteiger charge is 2.17. The molecule has 1 amide bonds. The molecule has 156 valence electrons. The summed E-state index contributed by atoms with van der Waals surface area (Å²) in [5.41, 5.74) is 0.693. The first-order valence-electron chi connectivity index (χ1n) is 9.21. The lowest BCUT2D eigenvalue weighted by Crippen LogP contribution is -2.30. The molecule has 2 N–H and O–H groups in total. The molecule has 0 saturated carbocycles. The first-order chi connectivity index (χ1) is 14.2. The third-order valence-electron chi connectivity index (χ3n) is 3.98. The van der Waals surface area contributed by atoms with Gasteiger partial charge < -0.3 is 10.1 Å². The van der Waals surface area contributed by atoms with E-state index in [0.29, 0.717) is 27.8 Å². The molecule has 0 unspecified atom stereocenters. The average Bonchev–Trinajstić information content (AvgIpc) is 2.70. The summed E-state index contributed by atoms with van der Waals surface area (Å²) < 4.78 is 32.8. The molecule has 0 bridgehead atoms. The molecule has 0 heterocycles. The largest absolute Gasteiger partial charge is 0.455 e. The van der Waals surface area contributed by atoms with E-state index in [-0.39, 0.29) is 10.9 Å². The Morgan fingerprint density at radius 2 is 1.63 bits per heavy atom. The lowest BCUT2D eigenvalue weighted by molar-refractivity contribution is 0.102. The van der Waals surface area contributed by atoms with E-state index in [1.54, 1.807) is 44.2 Å². The normalized spacial score (nSPS) is 11.3. The molecule has 0 aromatic heterocycles. The number of amides is 1. The standard InChI is InChI=1S/C22H21ClN2O4S/c1-15(2)25-30(27,28)19-11-8-16(9-12-19)22(26)24-20-14-17(23)10-13-21(20)29-18-6-4-3-5-7-18/h3-15,25H,1-2H3,(H,24,26). The van der Waals surface area contributed by atoms with Crippen LogP contribution in [-0.2, 0) is 10.0 Å². The molecule has 8 heteroatoms. The van der Waals surface area contributed by atoms with Crippen LogP contribution in [0.25, 0.3) is 0 Å². The molecule has 0 aliphatic rings. The van der Waals surface area contributed by atoms with Crippen molar-refractivity contribution in [1.82, 2.24) is 4.72 Å². The van der Waals surface area contributed by atoms with E-state index in [2.05, 4.69) is 10.0 Å². The second-order valence-electron chi connectivity index (χ2n) is 6.81. The predicted octanol–water partition coefficient (Wildman–Crippen LogP) is 5.07. The van der Waals surface area contributed by atoms with Crippen molar-refractivity contribution in [3.63, 3.8) is 0 Å². The summed E-state index contributed by atoms with van der Waals surface area (Å²) in [5.74, 6) is 0.623. The summed E-state index contributed by atoms with van der Waals surface area (Å²) in [4.78, 5) is 12.8. The van der Waals surface area contributed by atoms with Gasteiger partial charge in [-0.3, -0.25) is 4.79 Å². The number of rotatable bonds is 7. The average molecular weight is 445 g/mol. The minimum Gasteiger partial charge on any atom is -0.455 e. The summed E-state index contributed by atoms with van der Waals surface area (Å²) >= 11 is 6.08. The van der Waals surface area contributed by atoms with Crippen molar-refractivity contribution < 1.29 is 17.9 Å². The van der Waals surface area contributed by atoms with Crippen LogP contribution in [0.1, 0.15) is 24.2 Å². The maximum atomic E-state index is 12.7. The fourth-order valence-electron chi connectivity index (χ4n) is 2.66. The number of carbonyl (C=O) groups is 1. The van der Waals surface area contributed by atoms with Crippen LogP contribution in [0.2, 0.25) is 5.02 Å². The van der Waals surface area contributed by atoms with Gasteiger partial charge in [-0.25, -0.2) is 13.1 Å².